The van der Waals surface area contributed by atoms with Gasteiger partial charge in [0.05, 0.1) is 0 Å². The fourth-order valence-corrected chi connectivity index (χ4v) is 2.05. The van der Waals surface area contributed by atoms with E-state index in [4.69, 9.17) is 5.73 Å². The van der Waals surface area contributed by atoms with Gasteiger partial charge in [-0.05, 0) is 32.6 Å². The van der Waals surface area contributed by atoms with Crippen LogP contribution in [0, 0.1) is 5.92 Å². The molecular weight excluding hydrogens is 160 g/mol. The minimum Gasteiger partial charge on any atom is -0.327 e. The van der Waals surface area contributed by atoms with Crippen LogP contribution in [0.3, 0.4) is 0 Å². The molecule has 0 aliphatic heterocycles. The molecule has 4 atom stereocenters. The van der Waals surface area contributed by atoms with E-state index >= 15 is 0 Å². The number of rotatable bonds is 3. The first-order valence-corrected chi connectivity index (χ1v) is 5.63. The SMILES string of the molecule is CC(N)C(C)NC1CCCCC1C. The molecule has 1 rings (SSSR count). The van der Waals surface area contributed by atoms with Gasteiger partial charge in [-0.15, -0.1) is 0 Å². The van der Waals surface area contributed by atoms with E-state index in [9.17, 15) is 0 Å². The molecule has 0 spiro atoms. The zero-order valence-corrected chi connectivity index (χ0v) is 9.22. The lowest BCUT2D eigenvalue weighted by Gasteiger charge is -2.33. The van der Waals surface area contributed by atoms with E-state index in [2.05, 4.69) is 26.1 Å². The van der Waals surface area contributed by atoms with Gasteiger partial charge in [0.2, 0.25) is 0 Å². The van der Waals surface area contributed by atoms with Crippen molar-refractivity contribution in [1.82, 2.24) is 5.32 Å². The van der Waals surface area contributed by atoms with Gasteiger partial charge in [0.15, 0.2) is 0 Å². The highest BCUT2D eigenvalue weighted by molar-refractivity contribution is 4.82. The lowest BCUT2D eigenvalue weighted by atomic mass is 9.85. The monoisotopic (exact) mass is 184 g/mol. The number of hydrogen-bond donors (Lipinski definition) is 2. The van der Waals surface area contributed by atoms with Gasteiger partial charge in [-0.25, -0.2) is 0 Å². The summed E-state index contributed by atoms with van der Waals surface area (Å²) in [5, 5.41) is 3.64. The van der Waals surface area contributed by atoms with Crippen LogP contribution >= 0.6 is 0 Å². The second kappa shape index (κ2) is 4.97. The predicted octanol–water partition coefficient (Wildman–Crippen LogP) is 1.89. The first-order chi connectivity index (χ1) is 6.11. The third-order valence-electron chi connectivity index (χ3n) is 3.38. The lowest BCUT2D eigenvalue weighted by Crippen LogP contribution is -2.49. The zero-order valence-electron chi connectivity index (χ0n) is 9.22. The summed E-state index contributed by atoms with van der Waals surface area (Å²) in [5.74, 6) is 0.829. The van der Waals surface area contributed by atoms with Crippen molar-refractivity contribution in [2.75, 3.05) is 0 Å². The molecule has 1 aliphatic carbocycles. The molecule has 1 aliphatic rings. The second-order valence-corrected chi connectivity index (χ2v) is 4.68. The fourth-order valence-electron chi connectivity index (χ4n) is 2.05. The van der Waals surface area contributed by atoms with E-state index in [1.54, 1.807) is 0 Å². The quantitative estimate of drug-likeness (QED) is 0.703. The lowest BCUT2D eigenvalue weighted by molar-refractivity contribution is 0.254. The Morgan fingerprint density at radius 3 is 2.38 bits per heavy atom. The average Bonchev–Trinajstić information content (AvgIpc) is 2.08. The van der Waals surface area contributed by atoms with Crippen LogP contribution in [0.2, 0.25) is 0 Å². The Morgan fingerprint density at radius 1 is 1.23 bits per heavy atom. The van der Waals surface area contributed by atoms with Crippen LogP contribution in [-0.4, -0.2) is 18.1 Å². The van der Waals surface area contributed by atoms with Crippen molar-refractivity contribution in [3.63, 3.8) is 0 Å². The fraction of sp³-hybridized carbons (Fsp3) is 1.00. The normalized spacial score (nSPS) is 34.2. The first-order valence-electron chi connectivity index (χ1n) is 5.63. The van der Waals surface area contributed by atoms with Crippen LogP contribution in [0.25, 0.3) is 0 Å². The Labute approximate surface area is 82.3 Å². The van der Waals surface area contributed by atoms with E-state index in [1.165, 1.54) is 25.7 Å². The smallest absolute Gasteiger partial charge is 0.0190 e. The molecule has 0 aromatic carbocycles. The number of nitrogens with one attached hydrogen (secondary N) is 1. The van der Waals surface area contributed by atoms with Crippen LogP contribution < -0.4 is 11.1 Å². The molecule has 0 aromatic rings. The highest BCUT2D eigenvalue weighted by Crippen LogP contribution is 2.24. The zero-order chi connectivity index (χ0) is 9.84. The van der Waals surface area contributed by atoms with Crippen molar-refractivity contribution in [1.29, 1.82) is 0 Å². The van der Waals surface area contributed by atoms with Gasteiger partial charge >= 0.3 is 0 Å². The molecule has 2 nitrogen and oxygen atoms in total. The molecule has 1 fully saturated rings. The Hall–Kier alpha value is -0.0800. The van der Waals surface area contributed by atoms with Gasteiger partial charge < -0.3 is 11.1 Å². The van der Waals surface area contributed by atoms with E-state index in [0.29, 0.717) is 12.1 Å². The molecule has 13 heavy (non-hydrogen) atoms. The van der Waals surface area contributed by atoms with Crippen LogP contribution in [-0.2, 0) is 0 Å². The highest BCUT2D eigenvalue weighted by Gasteiger charge is 2.23. The first kappa shape index (κ1) is 11.0. The summed E-state index contributed by atoms with van der Waals surface area (Å²) >= 11 is 0. The minimum atomic E-state index is 0.258. The molecule has 1 saturated carbocycles. The maximum absolute atomic E-state index is 5.84. The Balaban J connectivity index is 2.33. The molecule has 0 heterocycles. The summed E-state index contributed by atoms with van der Waals surface area (Å²) in [6.07, 6.45) is 5.50. The Bertz CT molecular complexity index is 145. The predicted molar refractivity (Wildman–Crippen MR) is 57.7 cm³/mol. The summed E-state index contributed by atoms with van der Waals surface area (Å²) in [7, 11) is 0. The summed E-state index contributed by atoms with van der Waals surface area (Å²) < 4.78 is 0. The largest absolute Gasteiger partial charge is 0.327 e. The standard InChI is InChI=1S/C11H24N2/c1-8-6-4-5-7-11(8)13-10(3)9(2)12/h8-11,13H,4-7,12H2,1-3H3. The third-order valence-corrected chi connectivity index (χ3v) is 3.38. The van der Waals surface area contributed by atoms with E-state index in [1.807, 2.05) is 0 Å². The van der Waals surface area contributed by atoms with E-state index in [-0.39, 0.29) is 6.04 Å². The van der Waals surface area contributed by atoms with Gasteiger partial charge in [-0.2, -0.15) is 0 Å². The second-order valence-electron chi connectivity index (χ2n) is 4.68. The average molecular weight is 184 g/mol. The maximum Gasteiger partial charge on any atom is 0.0190 e. The van der Waals surface area contributed by atoms with Crippen molar-refractivity contribution >= 4 is 0 Å². The van der Waals surface area contributed by atoms with Crippen molar-refractivity contribution < 1.29 is 0 Å². The van der Waals surface area contributed by atoms with Crippen molar-refractivity contribution in [2.45, 2.75) is 64.6 Å². The maximum atomic E-state index is 5.84. The van der Waals surface area contributed by atoms with Gasteiger partial charge in [-0.1, -0.05) is 19.8 Å². The molecule has 0 aromatic heterocycles. The highest BCUT2D eigenvalue weighted by atomic mass is 15.0. The van der Waals surface area contributed by atoms with Crippen LogP contribution in [0.4, 0.5) is 0 Å². The summed E-state index contributed by atoms with van der Waals surface area (Å²) in [4.78, 5) is 0. The van der Waals surface area contributed by atoms with E-state index < -0.39 is 0 Å². The van der Waals surface area contributed by atoms with Crippen molar-refractivity contribution in [3.8, 4) is 0 Å². The van der Waals surface area contributed by atoms with Crippen LogP contribution in [0.15, 0.2) is 0 Å². The van der Waals surface area contributed by atoms with Gasteiger partial charge in [0.25, 0.3) is 0 Å². The number of nitrogens with two attached hydrogens (primary N) is 1. The van der Waals surface area contributed by atoms with Crippen molar-refractivity contribution in [3.05, 3.63) is 0 Å². The Morgan fingerprint density at radius 2 is 1.85 bits per heavy atom. The van der Waals surface area contributed by atoms with Crippen LogP contribution in [0.5, 0.6) is 0 Å². The molecule has 3 N–H and O–H groups in total. The summed E-state index contributed by atoms with van der Waals surface area (Å²) in [5.41, 5.74) is 5.84. The molecule has 0 saturated heterocycles. The molecule has 78 valence electrons. The van der Waals surface area contributed by atoms with Crippen molar-refractivity contribution in [2.24, 2.45) is 11.7 Å². The summed E-state index contributed by atoms with van der Waals surface area (Å²) in [6, 6.07) is 1.41. The van der Waals surface area contributed by atoms with Crippen LogP contribution in [0.1, 0.15) is 46.5 Å². The molecule has 0 amide bonds. The topological polar surface area (TPSA) is 38.0 Å². The molecule has 0 radical (unpaired) electrons. The minimum absolute atomic E-state index is 0.258. The molecule has 2 heteroatoms. The molecular formula is C11H24N2. The van der Waals surface area contributed by atoms with E-state index in [0.717, 1.165) is 5.92 Å². The van der Waals surface area contributed by atoms with Gasteiger partial charge in [0, 0.05) is 18.1 Å². The molecule has 4 unspecified atom stereocenters. The van der Waals surface area contributed by atoms with Gasteiger partial charge in [0.1, 0.15) is 0 Å². The number of hydrogen-bond acceptors (Lipinski definition) is 2. The molecule has 0 bridgehead atoms. The third kappa shape index (κ3) is 3.28. The van der Waals surface area contributed by atoms with Gasteiger partial charge in [-0.3, -0.25) is 0 Å². The Kier molecular flexibility index (Phi) is 4.20. The summed E-state index contributed by atoms with van der Waals surface area (Å²) in [6.45, 7) is 6.61.